The van der Waals surface area contributed by atoms with E-state index >= 15 is 0 Å². The van der Waals surface area contributed by atoms with Gasteiger partial charge in [-0.3, -0.25) is 9.69 Å². The number of nitrogens with zero attached hydrogens (tertiary/aromatic N) is 1. The molecule has 0 aliphatic carbocycles. The van der Waals surface area contributed by atoms with Crippen molar-refractivity contribution < 1.29 is 19.1 Å². The quantitative estimate of drug-likeness (QED) is 0.204. The number of benzene rings is 3. The minimum atomic E-state index is -0.354. The van der Waals surface area contributed by atoms with Gasteiger partial charge in [-0.15, -0.1) is 0 Å². The van der Waals surface area contributed by atoms with Crippen LogP contribution in [0.4, 0.5) is 5.69 Å². The fourth-order valence-corrected chi connectivity index (χ4v) is 3.84. The zero-order valence-corrected chi connectivity index (χ0v) is 20.1. The molecule has 35 heavy (non-hydrogen) atoms. The van der Waals surface area contributed by atoms with Crippen molar-refractivity contribution in [3.05, 3.63) is 107 Å². The Labute approximate surface area is 206 Å². The topological polar surface area (TPSA) is 55.8 Å². The third-order valence-electron chi connectivity index (χ3n) is 5.66. The Morgan fingerprint density at radius 3 is 2.29 bits per heavy atom. The van der Waals surface area contributed by atoms with Crippen LogP contribution in [0, 0.1) is 0 Å². The summed E-state index contributed by atoms with van der Waals surface area (Å²) in [7, 11) is 0. The highest BCUT2D eigenvalue weighted by Gasteiger charge is 2.30. The lowest BCUT2D eigenvalue weighted by molar-refractivity contribution is -0.113. The standard InChI is InChI=1S/C30H29NO4/c1-3-5-19-35-30(33)24-13-15-26(16-14-24)31-28(23-9-7-6-8-10-23)21-25(29(31)32)20-22-11-17-27(18-12-22)34-4-2/h6-18,20-21H,3-5,19H2,1-2H3/b25-20+. The van der Waals surface area contributed by atoms with Gasteiger partial charge in [-0.1, -0.05) is 55.8 Å². The van der Waals surface area contributed by atoms with Gasteiger partial charge in [-0.25, -0.2) is 4.79 Å². The van der Waals surface area contributed by atoms with Crippen LogP contribution in [0.1, 0.15) is 48.2 Å². The average Bonchev–Trinajstić information content (AvgIpc) is 3.21. The van der Waals surface area contributed by atoms with Crippen LogP contribution < -0.4 is 9.64 Å². The van der Waals surface area contributed by atoms with Crippen molar-refractivity contribution in [1.29, 1.82) is 0 Å². The lowest BCUT2D eigenvalue weighted by Gasteiger charge is -2.21. The van der Waals surface area contributed by atoms with E-state index in [1.54, 1.807) is 29.2 Å². The highest BCUT2D eigenvalue weighted by atomic mass is 16.5. The van der Waals surface area contributed by atoms with Crippen molar-refractivity contribution in [2.45, 2.75) is 26.7 Å². The van der Waals surface area contributed by atoms with Crippen LogP contribution in [0.2, 0.25) is 0 Å². The summed E-state index contributed by atoms with van der Waals surface area (Å²) >= 11 is 0. The van der Waals surface area contributed by atoms with Gasteiger partial charge in [-0.05, 0) is 73.0 Å². The Bertz CT molecular complexity index is 1230. The Kier molecular flexibility index (Phi) is 7.78. The van der Waals surface area contributed by atoms with E-state index in [9.17, 15) is 9.59 Å². The zero-order chi connectivity index (χ0) is 24.6. The molecule has 3 aromatic rings. The normalized spacial score (nSPS) is 14.2. The smallest absolute Gasteiger partial charge is 0.338 e. The molecule has 0 bridgehead atoms. The Morgan fingerprint density at radius 2 is 1.63 bits per heavy atom. The van der Waals surface area contributed by atoms with Gasteiger partial charge in [0.1, 0.15) is 5.75 Å². The van der Waals surface area contributed by atoms with Crippen molar-refractivity contribution in [2.24, 2.45) is 0 Å². The van der Waals surface area contributed by atoms with Crippen molar-refractivity contribution in [3.8, 4) is 5.75 Å². The number of unbranched alkanes of at least 4 members (excludes halogenated alkanes) is 1. The number of hydrogen-bond acceptors (Lipinski definition) is 4. The van der Waals surface area contributed by atoms with E-state index in [1.807, 2.05) is 80.6 Å². The molecule has 0 spiro atoms. The fourth-order valence-electron chi connectivity index (χ4n) is 3.84. The van der Waals surface area contributed by atoms with Gasteiger partial charge >= 0.3 is 5.97 Å². The predicted molar refractivity (Wildman–Crippen MR) is 139 cm³/mol. The van der Waals surface area contributed by atoms with Crippen molar-refractivity contribution in [3.63, 3.8) is 0 Å². The van der Waals surface area contributed by atoms with Crippen LogP contribution in [-0.2, 0) is 9.53 Å². The van der Waals surface area contributed by atoms with E-state index < -0.39 is 0 Å². The van der Waals surface area contributed by atoms with Gasteiger partial charge in [0.2, 0.25) is 0 Å². The molecule has 1 aliphatic rings. The van der Waals surface area contributed by atoms with Gasteiger partial charge in [0, 0.05) is 11.3 Å². The van der Waals surface area contributed by atoms with Gasteiger partial charge in [-0.2, -0.15) is 0 Å². The van der Waals surface area contributed by atoms with Crippen LogP contribution in [0.3, 0.4) is 0 Å². The molecule has 0 atom stereocenters. The largest absolute Gasteiger partial charge is 0.494 e. The fraction of sp³-hybridized carbons (Fsp3) is 0.200. The van der Waals surface area contributed by atoms with E-state index in [-0.39, 0.29) is 11.9 Å². The maximum atomic E-state index is 13.5. The molecule has 1 aliphatic heterocycles. The van der Waals surface area contributed by atoms with E-state index in [1.165, 1.54) is 0 Å². The van der Waals surface area contributed by atoms with Gasteiger partial charge in [0.25, 0.3) is 5.91 Å². The van der Waals surface area contributed by atoms with Gasteiger partial charge in [0.05, 0.1) is 24.5 Å². The maximum absolute atomic E-state index is 13.5. The van der Waals surface area contributed by atoms with Crippen LogP contribution >= 0.6 is 0 Å². The summed E-state index contributed by atoms with van der Waals surface area (Å²) in [6.07, 6.45) is 5.58. The van der Waals surface area contributed by atoms with Crippen molar-refractivity contribution in [1.82, 2.24) is 0 Å². The number of anilines is 1. The molecule has 0 N–H and O–H groups in total. The molecular formula is C30H29NO4. The Morgan fingerprint density at radius 1 is 0.914 bits per heavy atom. The van der Waals surface area contributed by atoms with E-state index in [4.69, 9.17) is 9.47 Å². The summed E-state index contributed by atoms with van der Waals surface area (Å²) in [4.78, 5) is 27.5. The van der Waals surface area contributed by atoms with Gasteiger partial charge < -0.3 is 9.47 Å². The van der Waals surface area contributed by atoms with Crippen LogP contribution in [-0.4, -0.2) is 25.1 Å². The number of ether oxygens (including phenoxy) is 2. The second-order valence-electron chi connectivity index (χ2n) is 8.17. The van der Waals surface area contributed by atoms with Crippen LogP contribution in [0.5, 0.6) is 5.75 Å². The van der Waals surface area contributed by atoms with Crippen LogP contribution in [0.25, 0.3) is 11.8 Å². The first-order chi connectivity index (χ1) is 17.1. The second kappa shape index (κ2) is 11.3. The number of carbonyl (C=O) groups is 2. The molecule has 0 radical (unpaired) electrons. The minimum absolute atomic E-state index is 0.129. The van der Waals surface area contributed by atoms with E-state index in [0.717, 1.165) is 35.4 Å². The monoisotopic (exact) mass is 467 g/mol. The summed E-state index contributed by atoms with van der Waals surface area (Å²) in [5.41, 5.74) is 4.35. The molecule has 1 amide bonds. The highest BCUT2D eigenvalue weighted by molar-refractivity contribution is 6.23. The SMILES string of the molecule is CCCCOC(=O)c1ccc(N2C(=O)/C(=C/c3ccc(OCC)cc3)C=C2c2ccccc2)cc1. The lowest BCUT2D eigenvalue weighted by atomic mass is 10.1. The summed E-state index contributed by atoms with van der Waals surface area (Å²) < 4.78 is 10.8. The predicted octanol–water partition coefficient (Wildman–Crippen LogP) is 6.51. The zero-order valence-electron chi connectivity index (χ0n) is 20.1. The molecule has 1 heterocycles. The molecule has 0 aromatic heterocycles. The van der Waals surface area contributed by atoms with Crippen molar-refractivity contribution >= 4 is 29.3 Å². The first-order valence-corrected chi connectivity index (χ1v) is 11.9. The first-order valence-electron chi connectivity index (χ1n) is 11.9. The Hall–Kier alpha value is -4.12. The molecule has 0 saturated carbocycles. The lowest BCUT2D eigenvalue weighted by Crippen LogP contribution is -2.25. The molecule has 0 unspecified atom stereocenters. The van der Waals surface area contributed by atoms with E-state index in [0.29, 0.717) is 30.0 Å². The molecule has 0 fully saturated rings. The van der Waals surface area contributed by atoms with Crippen molar-refractivity contribution in [2.75, 3.05) is 18.1 Å². The number of rotatable bonds is 9. The van der Waals surface area contributed by atoms with Crippen LogP contribution in [0.15, 0.2) is 90.5 Å². The third-order valence-corrected chi connectivity index (χ3v) is 5.66. The molecule has 5 heteroatoms. The molecule has 0 saturated heterocycles. The summed E-state index contributed by atoms with van der Waals surface area (Å²) in [5, 5.41) is 0. The van der Waals surface area contributed by atoms with E-state index in [2.05, 4.69) is 0 Å². The number of esters is 1. The molecule has 178 valence electrons. The molecular weight excluding hydrogens is 438 g/mol. The molecule has 5 nitrogen and oxygen atoms in total. The maximum Gasteiger partial charge on any atom is 0.338 e. The van der Waals surface area contributed by atoms with Gasteiger partial charge in [0.15, 0.2) is 0 Å². The summed E-state index contributed by atoms with van der Waals surface area (Å²) in [6.45, 7) is 5.00. The number of amides is 1. The average molecular weight is 468 g/mol. The molecule has 4 rings (SSSR count). The highest BCUT2D eigenvalue weighted by Crippen LogP contribution is 2.35. The second-order valence-corrected chi connectivity index (χ2v) is 8.17. The number of hydrogen-bond donors (Lipinski definition) is 0. The summed E-state index contributed by atoms with van der Waals surface area (Å²) in [5.74, 6) is 0.312. The molecule has 3 aromatic carbocycles. The Balaban J connectivity index is 1.63. The minimum Gasteiger partial charge on any atom is -0.494 e. The number of carbonyl (C=O) groups excluding carboxylic acids is 2. The first kappa shape index (κ1) is 24.0. The summed E-state index contributed by atoms with van der Waals surface area (Å²) in [6, 6.07) is 24.4. The third kappa shape index (κ3) is 5.69.